The van der Waals surface area contributed by atoms with Crippen molar-refractivity contribution >= 4 is 20.5 Å². The Kier molecular flexibility index (Phi) is 31.6. The van der Waals surface area contributed by atoms with Crippen LogP contribution in [0.1, 0.15) is 149 Å². The molecule has 0 bridgehead atoms. The summed E-state index contributed by atoms with van der Waals surface area (Å²) in [6.07, 6.45) is 25.4. The number of unbranched alkanes of at least 4 members (excludes halogenated alkanes) is 19. The van der Waals surface area contributed by atoms with Gasteiger partial charge in [0.05, 0.1) is 18.1 Å². The summed E-state index contributed by atoms with van der Waals surface area (Å²) in [5, 5.41) is 0. The van der Waals surface area contributed by atoms with Crippen molar-refractivity contribution in [2.45, 2.75) is 154 Å². The largest absolute Gasteiger partial charge is 1.00 e. The molecule has 0 aromatic heterocycles. The summed E-state index contributed by atoms with van der Waals surface area (Å²) in [6.45, 7) is 4.77. The summed E-state index contributed by atoms with van der Waals surface area (Å²) in [5.74, 6) is 0. The number of hydrogen-bond acceptors (Lipinski definition) is 7. The predicted molar refractivity (Wildman–Crippen MR) is 164 cm³/mol. The van der Waals surface area contributed by atoms with Crippen molar-refractivity contribution in [2.24, 2.45) is 0 Å². The summed E-state index contributed by atoms with van der Waals surface area (Å²) in [4.78, 5) is 0.239. The van der Waals surface area contributed by atoms with Gasteiger partial charge in [-0.2, -0.15) is 8.42 Å². The van der Waals surface area contributed by atoms with Crippen LogP contribution in [0.4, 0.5) is 0 Å². The summed E-state index contributed by atoms with van der Waals surface area (Å²) >= 11 is 0. The van der Waals surface area contributed by atoms with Crippen LogP contribution < -0.4 is 29.6 Å². The fraction of sp³-hybridized carbons (Fsp3) is 0.806. The van der Waals surface area contributed by atoms with E-state index < -0.39 is 20.5 Å². The Morgan fingerprint density at radius 1 is 0.512 bits per heavy atom. The van der Waals surface area contributed by atoms with Crippen molar-refractivity contribution < 1.29 is 59.3 Å². The van der Waals surface area contributed by atoms with E-state index in [0.29, 0.717) is 6.42 Å². The van der Waals surface area contributed by atoms with Crippen LogP contribution in [0, 0.1) is 0 Å². The molecule has 0 radical (unpaired) electrons. The van der Waals surface area contributed by atoms with Gasteiger partial charge >= 0.3 is 29.6 Å². The second-order valence-electron chi connectivity index (χ2n) is 10.5. The topological polar surface area (TPSA) is 110 Å². The normalized spacial score (nSPS) is 11.5. The Morgan fingerprint density at radius 3 is 1.17 bits per heavy atom. The molecule has 0 fully saturated rings. The first-order valence-electron chi connectivity index (χ1n) is 15.8. The second-order valence-corrected chi connectivity index (χ2v) is 13.2. The van der Waals surface area contributed by atoms with Gasteiger partial charge in [-0.1, -0.05) is 154 Å². The van der Waals surface area contributed by atoms with Crippen LogP contribution in [0.2, 0.25) is 0 Å². The summed E-state index contributed by atoms with van der Waals surface area (Å²) in [7, 11) is -8.06. The SMILES string of the molecule is CCCCCCCCCCCCCOS(=O)(=O)c1ccccc1.CCCCCCCCCCCCOS(=O)(=O)[O-].[Na+]. The molecule has 7 nitrogen and oxygen atoms in total. The molecule has 0 aliphatic rings. The summed E-state index contributed by atoms with van der Waals surface area (Å²) in [5.41, 5.74) is 0. The quantitative estimate of drug-likeness (QED) is 0.0401. The first kappa shape index (κ1) is 43.1. The van der Waals surface area contributed by atoms with Crippen LogP contribution >= 0.6 is 0 Å². The minimum Gasteiger partial charge on any atom is -0.726 e. The van der Waals surface area contributed by atoms with Crippen LogP contribution in [0.15, 0.2) is 35.2 Å². The van der Waals surface area contributed by atoms with E-state index in [1.165, 1.54) is 103 Å². The van der Waals surface area contributed by atoms with Crippen LogP contribution in [-0.4, -0.2) is 34.6 Å². The molecule has 0 unspecified atom stereocenters. The molecular formula is C31H57NaO7S2. The van der Waals surface area contributed by atoms with E-state index in [0.717, 1.165) is 25.7 Å². The first-order chi connectivity index (χ1) is 19.2. The molecule has 0 saturated carbocycles. The zero-order chi connectivity index (χ0) is 29.8. The van der Waals surface area contributed by atoms with Crippen molar-refractivity contribution in [1.29, 1.82) is 0 Å². The maximum absolute atomic E-state index is 11.9. The molecule has 1 rings (SSSR count). The maximum atomic E-state index is 11.9. The molecule has 0 N–H and O–H groups in total. The van der Waals surface area contributed by atoms with E-state index in [-0.39, 0.29) is 47.7 Å². The molecule has 0 heterocycles. The Morgan fingerprint density at radius 2 is 0.829 bits per heavy atom. The van der Waals surface area contributed by atoms with Crippen molar-refractivity contribution in [3.63, 3.8) is 0 Å². The van der Waals surface area contributed by atoms with Crippen molar-refractivity contribution in [3.05, 3.63) is 30.3 Å². The van der Waals surface area contributed by atoms with Gasteiger partial charge in [0.15, 0.2) is 0 Å². The average Bonchev–Trinajstić information content (AvgIpc) is 2.92. The molecule has 10 heteroatoms. The van der Waals surface area contributed by atoms with Crippen molar-refractivity contribution in [3.8, 4) is 0 Å². The fourth-order valence-electron chi connectivity index (χ4n) is 4.34. The van der Waals surface area contributed by atoms with E-state index in [2.05, 4.69) is 18.0 Å². The zero-order valence-corrected chi connectivity index (χ0v) is 30.0. The van der Waals surface area contributed by atoms with E-state index in [1.807, 2.05) is 0 Å². The Bertz CT molecular complexity index is 879. The van der Waals surface area contributed by atoms with Gasteiger partial charge in [-0.15, -0.1) is 0 Å². The molecule has 0 amide bonds. The van der Waals surface area contributed by atoms with Gasteiger partial charge in [-0.25, -0.2) is 8.42 Å². The average molecular weight is 629 g/mol. The molecule has 236 valence electrons. The van der Waals surface area contributed by atoms with Crippen LogP contribution in [0.5, 0.6) is 0 Å². The Hall–Kier alpha value is -0.000000000000000222. The molecule has 41 heavy (non-hydrogen) atoms. The maximum Gasteiger partial charge on any atom is 1.00 e. The van der Waals surface area contributed by atoms with Gasteiger partial charge in [0, 0.05) is 0 Å². The molecule has 0 aliphatic carbocycles. The summed E-state index contributed by atoms with van der Waals surface area (Å²) in [6, 6.07) is 8.34. The minimum atomic E-state index is -4.48. The van der Waals surface area contributed by atoms with Gasteiger partial charge in [-0.05, 0) is 25.0 Å². The second kappa shape index (κ2) is 30.0. The standard InChI is InChI=1S/C19H32O3S.C12H26O4S.Na/c1-2-3-4-5-6-7-8-9-10-11-15-18-22-23(20,21)19-16-13-12-14-17-19;1-2-3-4-5-6-7-8-9-10-11-12-16-17(13,14)15;/h12-14,16-17H,2-11,15,18H2,1H3;2-12H2,1H3,(H,13,14,15);/q;;+1/p-1. The molecule has 1 aromatic rings. The first-order valence-corrected chi connectivity index (χ1v) is 18.5. The fourth-order valence-corrected chi connectivity index (χ4v) is 5.63. The van der Waals surface area contributed by atoms with Crippen LogP contribution in [-0.2, 0) is 28.9 Å². The molecule has 0 atom stereocenters. The summed E-state index contributed by atoms with van der Waals surface area (Å²) < 4.78 is 63.3. The van der Waals surface area contributed by atoms with Gasteiger partial charge in [0.1, 0.15) is 0 Å². The smallest absolute Gasteiger partial charge is 0.726 e. The molecule has 0 aliphatic heterocycles. The number of benzene rings is 1. The molecule has 0 saturated heterocycles. The molecular weight excluding hydrogens is 571 g/mol. The third-order valence-corrected chi connectivity index (χ3v) is 8.53. The number of hydrogen-bond donors (Lipinski definition) is 0. The zero-order valence-electron chi connectivity index (χ0n) is 26.3. The van der Waals surface area contributed by atoms with E-state index in [1.54, 1.807) is 30.3 Å². The minimum absolute atomic E-state index is 0. The molecule has 0 spiro atoms. The third kappa shape index (κ3) is 31.2. The van der Waals surface area contributed by atoms with Crippen LogP contribution in [0.25, 0.3) is 0 Å². The van der Waals surface area contributed by atoms with E-state index in [9.17, 15) is 21.4 Å². The van der Waals surface area contributed by atoms with Gasteiger partial charge in [-0.3, -0.25) is 8.37 Å². The van der Waals surface area contributed by atoms with E-state index >= 15 is 0 Å². The van der Waals surface area contributed by atoms with E-state index in [4.69, 9.17) is 4.18 Å². The van der Waals surface area contributed by atoms with Gasteiger partial charge in [0.2, 0.25) is 10.4 Å². The van der Waals surface area contributed by atoms with Crippen LogP contribution in [0.3, 0.4) is 0 Å². The van der Waals surface area contributed by atoms with Crippen molar-refractivity contribution in [2.75, 3.05) is 13.2 Å². The van der Waals surface area contributed by atoms with Gasteiger partial charge < -0.3 is 4.55 Å². The number of rotatable bonds is 26. The van der Waals surface area contributed by atoms with Gasteiger partial charge in [0.25, 0.3) is 10.1 Å². The Labute approximate surface area is 275 Å². The third-order valence-electron chi connectivity index (χ3n) is 6.74. The molecule has 1 aromatic carbocycles. The Balaban J connectivity index is 0. The van der Waals surface area contributed by atoms with Crippen molar-refractivity contribution in [1.82, 2.24) is 0 Å². The predicted octanol–water partition coefficient (Wildman–Crippen LogP) is 6.09. The monoisotopic (exact) mass is 628 g/mol.